The molecule has 2 aliphatic carbocycles. The molecule has 270 valence electrons. The summed E-state index contributed by atoms with van der Waals surface area (Å²) in [5, 5.41) is 1.26. The van der Waals surface area contributed by atoms with Gasteiger partial charge in [-0.15, -0.1) is 0 Å². The second-order valence-corrected chi connectivity index (χ2v) is 15.4. The zero-order valence-corrected chi connectivity index (χ0v) is 32.6. The Hall–Kier alpha value is -6.18. The SMILES string of the molecule is Cc1cc(-c2ccccc2)c2c(c1)C(C)(C)c1ccccc1-2.Cc1ccc(-c2ccccc2)cc1.Cc1ccc(C2=CCCc3c2oc2ccccc32)cc1. The van der Waals surface area contributed by atoms with Gasteiger partial charge >= 0.3 is 0 Å². The van der Waals surface area contributed by atoms with Crippen LogP contribution in [0.5, 0.6) is 0 Å². The number of para-hydroxylation sites is 1. The van der Waals surface area contributed by atoms with Gasteiger partial charge in [0.1, 0.15) is 11.3 Å². The molecular formula is C54H48O. The Bertz CT molecular complexity index is 2600. The Morgan fingerprint density at radius 1 is 0.473 bits per heavy atom. The molecule has 0 N–H and O–H groups in total. The Morgan fingerprint density at radius 3 is 1.73 bits per heavy atom. The molecule has 8 aromatic rings. The molecule has 0 bridgehead atoms. The first-order valence-corrected chi connectivity index (χ1v) is 19.5. The van der Waals surface area contributed by atoms with Crippen molar-refractivity contribution in [2.45, 2.75) is 52.9 Å². The highest BCUT2D eigenvalue weighted by molar-refractivity contribution is 5.93. The first kappa shape index (κ1) is 35.8. The van der Waals surface area contributed by atoms with Crippen molar-refractivity contribution in [3.05, 3.63) is 221 Å². The van der Waals surface area contributed by atoms with Gasteiger partial charge in [0.2, 0.25) is 0 Å². The number of hydrogen-bond acceptors (Lipinski definition) is 1. The molecule has 10 rings (SSSR count). The predicted octanol–water partition coefficient (Wildman–Crippen LogP) is 14.7. The summed E-state index contributed by atoms with van der Waals surface area (Å²) in [6.07, 6.45) is 4.46. The molecule has 0 unspecified atom stereocenters. The van der Waals surface area contributed by atoms with Crippen LogP contribution in [0.25, 0.3) is 49.9 Å². The number of rotatable bonds is 3. The summed E-state index contributed by atoms with van der Waals surface area (Å²) < 4.78 is 6.12. The first-order chi connectivity index (χ1) is 26.8. The van der Waals surface area contributed by atoms with E-state index in [2.05, 4.69) is 198 Å². The molecule has 0 amide bonds. The minimum absolute atomic E-state index is 0.0709. The van der Waals surface area contributed by atoms with Crippen LogP contribution in [0.3, 0.4) is 0 Å². The zero-order chi connectivity index (χ0) is 37.9. The molecule has 2 aliphatic rings. The third-order valence-corrected chi connectivity index (χ3v) is 11.1. The van der Waals surface area contributed by atoms with Gasteiger partial charge in [-0.25, -0.2) is 0 Å². The van der Waals surface area contributed by atoms with Crippen LogP contribution < -0.4 is 0 Å². The van der Waals surface area contributed by atoms with E-state index in [0.29, 0.717) is 0 Å². The standard InChI is InChI=1S/C22H20.C19H16O.C13H12/c1-15-13-18(16-9-5-4-6-10-16)21-17-11-7-8-12-19(17)22(2,3)20(21)14-15;1-13-9-11-14(12-10-13)15-6-4-7-17-16-5-2-3-8-18(16)20-19(15)17;1-11-7-9-13(10-8-11)12-5-3-2-4-6-12/h4-14H,1-3H3;2-3,5-6,8-12H,4,7H2,1H3;2-10H,1H3. The van der Waals surface area contributed by atoms with Crippen molar-refractivity contribution in [2.75, 3.05) is 0 Å². The van der Waals surface area contributed by atoms with Crippen LogP contribution in [0.4, 0.5) is 0 Å². The topological polar surface area (TPSA) is 13.1 Å². The van der Waals surface area contributed by atoms with Crippen molar-refractivity contribution in [1.29, 1.82) is 0 Å². The van der Waals surface area contributed by atoms with Crippen LogP contribution in [0.1, 0.15) is 65.0 Å². The van der Waals surface area contributed by atoms with Crippen molar-refractivity contribution in [3.63, 3.8) is 0 Å². The van der Waals surface area contributed by atoms with E-state index in [1.54, 1.807) is 0 Å². The number of allylic oxidation sites excluding steroid dienone is 1. The molecule has 1 heteroatoms. The Balaban J connectivity index is 0.000000120. The molecule has 0 aliphatic heterocycles. The van der Waals surface area contributed by atoms with Gasteiger partial charge in [0, 0.05) is 21.9 Å². The van der Waals surface area contributed by atoms with E-state index in [-0.39, 0.29) is 5.41 Å². The van der Waals surface area contributed by atoms with E-state index in [4.69, 9.17) is 4.42 Å². The quantitative estimate of drug-likeness (QED) is 0.178. The Kier molecular flexibility index (Phi) is 9.96. The van der Waals surface area contributed by atoms with Crippen molar-refractivity contribution in [3.8, 4) is 33.4 Å². The fourth-order valence-corrected chi connectivity index (χ4v) is 8.18. The van der Waals surface area contributed by atoms with Gasteiger partial charge in [-0.2, -0.15) is 0 Å². The lowest BCUT2D eigenvalue weighted by Gasteiger charge is -2.22. The zero-order valence-electron chi connectivity index (χ0n) is 32.6. The maximum Gasteiger partial charge on any atom is 0.138 e. The second-order valence-electron chi connectivity index (χ2n) is 15.4. The van der Waals surface area contributed by atoms with Crippen LogP contribution in [-0.2, 0) is 11.8 Å². The molecule has 0 atom stereocenters. The van der Waals surface area contributed by atoms with Gasteiger partial charge in [-0.3, -0.25) is 0 Å². The van der Waals surface area contributed by atoms with E-state index in [1.807, 2.05) is 12.1 Å². The normalized spacial score (nSPS) is 13.3. The summed E-state index contributed by atoms with van der Waals surface area (Å²) in [7, 11) is 0. The summed E-state index contributed by atoms with van der Waals surface area (Å²) in [4.78, 5) is 0. The van der Waals surface area contributed by atoms with E-state index in [9.17, 15) is 0 Å². The minimum atomic E-state index is 0.0709. The molecule has 0 saturated heterocycles. The highest BCUT2D eigenvalue weighted by atomic mass is 16.3. The third kappa shape index (κ3) is 7.23. The summed E-state index contributed by atoms with van der Waals surface area (Å²) in [5.74, 6) is 1.06. The lowest BCUT2D eigenvalue weighted by molar-refractivity contribution is 0.591. The molecule has 0 radical (unpaired) electrons. The fourth-order valence-electron chi connectivity index (χ4n) is 8.18. The van der Waals surface area contributed by atoms with Crippen LogP contribution >= 0.6 is 0 Å². The van der Waals surface area contributed by atoms with Crippen molar-refractivity contribution in [2.24, 2.45) is 0 Å². The highest BCUT2D eigenvalue weighted by Gasteiger charge is 2.36. The molecule has 1 nitrogen and oxygen atoms in total. The van der Waals surface area contributed by atoms with Gasteiger partial charge in [-0.1, -0.05) is 200 Å². The Morgan fingerprint density at radius 2 is 1.04 bits per heavy atom. The van der Waals surface area contributed by atoms with Crippen molar-refractivity contribution < 1.29 is 4.42 Å². The van der Waals surface area contributed by atoms with Gasteiger partial charge in [0.15, 0.2) is 0 Å². The monoisotopic (exact) mass is 712 g/mol. The molecule has 1 aromatic heterocycles. The number of fused-ring (bicyclic) bond motifs is 6. The third-order valence-electron chi connectivity index (χ3n) is 11.1. The van der Waals surface area contributed by atoms with Gasteiger partial charge < -0.3 is 4.42 Å². The lowest BCUT2D eigenvalue weighted by Crippen LogP contribution is -2.15. The Labute approximate surface area is 326 Å². The van der Waals surface area contributed by atoms with Crippen molar-refractivity contribution in [1.82, 2.24) is 0 Å². The van der Waals surface area contributed by atoms with E-state index < -0.39 is 0 Å². The largest absolute Gasteiger partial charge is 0.456 e. The summed E-state index contributed by atoms with van der Waals surface area (Å²) >= 11 is 0. The number of benzene rings is 7. The molecule has 7 aromatic carbocycles. The highest BCUT2D eigenvalue weighted by Crippen LogP contribution is 2.52. The van der Waals surface area contributed by atoms with Crippen LogP contribution in [0.2, 0.25) is 0 Å². The summed E-state index contributed by atoms with van der Waals surface area (Å²) in [6.45, 7) is 11.1. The average molecular weight is 713 g/mol. The van der Waals surface area contributed by atoms with Crippen LogP contribution in [-0.4, -0.2) is 0 Å². The molecular weight excluding hydrogens is 665 g/mol. The van der Waals surface area contributed by atoms with Gasteiger partial charge in [-0.05, 0) is 89.8 Å². The lowest BCUT2D eigenvalue weighted by atomic mass is 9.81. The maximum atomic E-state index is 6.12. The van der Waals surface area contributed by atoms with Crippen LogP contribution in [0, 0.1) is 20.8 Å². The number of furan rings is 1. The second kappa shape index (κ2) is 15.3. The molecule has 1 heterocycles. The predicted molar refractivity (Wildman–Crippen MR) is 234 cm³/mol. The van der Waals surface area contributed by atoms with Crippen LogP contribution in [0.15, 0.2) is 180 Å². The summed E-state index contributed by atoms with van der Waals surface area (Å²) in [5.41, 5.74) is 19.8. The summed E-state index contributed by atoms with van der Waals surface area (Å²) in [6, 6.07) is 60.3. The first-order valence-electron chi connectivity index (χ1n) is 19.5. The van der Waals surface area contributed by atoms with E-state index >= 15 is 0 Å². The molecule has 0 fully saturated rings. The fraction of sp³-hybridized carbons (Fsp3) is 0.148. The van der Waals surface area contributed by atoms with Gasteiger partial charge in [0.05, 0.1) is 0 Å². The number of aryl methyl sites for hydroxylation is 4. The van der Waals surface area contributed by atoms with E-state index in [0.717, 1.165) is 24.2 Å². The van der Waals surface area contributed by atoms with Gasteiger partial charge in [0.25, 0.3) is 0 Å². The molecule has 0 spiro atoms. The molecule has 0 saturated carbocycles. The molecule has 55 heavy (non-hydrogen) atoms. The number of hydrogen-bond donors (Lipinski definition) is 0. The minimum Gasteiger partial charge on any atom is -0.456 e. The maximum absolute atomic E-state index is 6.12. The smallest absolute Gasteiger partial charge is 0.138 e. The van der Waals surface area contributed by atoms with E-state index in [1.165, 1.54) is 83.3 Å². The van der Waals surface area contributed by atoms with Crippen molar-refractivity contribution >= 4 is 16.5 Å². The average Bonchev–Trinajstić information content (AvgIpc) is 3.71.